The number of rotatable bonds is 1. The summed E-state index contributed by atoms with van der Waals surface area (Å²) in [7, 11) is 0. The first-order valence-electron chi connectivity index (χ1n) is 5.33. The molecule has 0 saturated heterocycles. The number of aromatic nitrogens is 4. The fourth-order valence-corrected chi connectivity index (χ4v) is 1.98. The molecule has 18 heavy (non-hydrogen) atoms. The van der Waals surface area contributed by atoms with E-state index in [4.69, 9.17) is 0 Å². The van der Waals surface area contributed by atoms with Crippen molar-refractivity contribution in [2.24, 2.45) is 0 Å². The quantitative estimate of drug-likeness (QED) is 0.706. The topological polar surface area (TPSA) is 63.6 Å². The van der Waals surface area contributed by atoms with Gasteiger partial charge in [0.05, 0.1) is 29.8 Å². The van der Waals surface area contributed by atoms with Crippen LogP contribution in [-0.2, 0) is 0 Å². The minimum absolute atomic E-state index is 0.208. The zero-order chi connectivity index (χ0) is 12.7. The van der Waals surface area contributed by atoms with Crippen LogP contribution in [0.2, 0.25) is 0 Å². The summed E-state index contributed by atoms with van der Waals surface area (Å²) in [5.41, 5.74) is 1.60. The lowest BCUT2D eigenvalue weighted by atomic mass is 10.3. The molecular formula is C12H9FN4O. The van der Waals surface area contributed by atoms with Gasteiger partial charge in [-0.15, -0.1) is 0 Å². The number of nitrogens with zero attached hydrogens (tertiary/aromatic N) is 3. The number of H-pyrrole nitrogens is 1. The lowest BCUT2D eigenvalue weighted by molar-refractivity contribution is 0.620. The molecule has 0 saturated carbocycles. The van der Waals surface area contributed by atoms with E-state index in [1.807, 2.05) is 6.92 Å². The van der Waals surface area contributed by atoms with E-state index in [-0.39, 0.29) is 5.56 Å². The molecule has 3 aromatic rings. The average Bonchev–Trinajstić information content (AvgIpc) is 2.68. The molecule has 0 unspecified atom stereocenters. The lowest BCUT2D eigenvalue weighted by Crippen LogP contribution is -2.07. The highest BCUT2D eigenvalue weighted by molar-refractivity contribution is 5.80. The van der Waals surface area contributed by atoms with E-state index >= 15 is 0 Å². The van der Waals surface area contributed by atoms with Crippen LogP contribution in [0.1, 0.15) is 5.56 Å². The Labute approximate surface area is 101 Å². The Balaban J connectivity index is 2.38. The van der Waals surface area contributed by atoms with Gasteiger partial charge in [-0.2, -0.15) is 0 Å². The number of pyridine rings is 1. The van der Waals surface area contributed by atoms with Gasteiger partial charge in [-0.05, 0) is 12.5 Å². The van der Waals surface area contributed by atoms with Crippen molar-refractivity contribution in [2.75, 3.05) is 0 Å². The molecule has 0 bridgehead atoms. The first kappa shape index (κ1) is 10.6. The van der Waals surface area contributed by atoms with Crippen molar-refractivity contribution in [3.05, 3.63) is 52.7 Å². The normalized spacial score (nSPS) is 11.0. The first-order chi connectivity index (χ1) is 8.66. The van der Waals surface area contributed by atoms with Crippen molar-refractivity contribution < 1.29 is 4.39 Å². The summed E-state index contributed by atoms with van der Waals surface area (Å²) >= 11 is 0. The summed E-state index contributed by atoms with van der Waals surface area (Å²) < 4.78 is 14.8. The van der Waals surface area contributed by atoms with Gasteiger partial charge in [-0.3, -0.25) is 14.3 Å². The van der Waals surface area contributed by atoms with Crippen molar-refractivity contribution in [2.45, 2.75) is 6.92 Å². The molecule has 0 aliphatic heterocycles. The standard InChI is InChI=1S/C12H9FN4O/c1-7-5-17(9-2-8(13)3-14-4-9)11-10(7)12(18)16-6-15-11/h2-6H,1H3,(H,15,16,18). The number of aromatic amines is 1. The number of aryl methyl sites for hydroxylation is 1. The lowest BCUT2D eigenvalue weighted by Gasteiger charge is -2.03. The van der Waals surface area contributed by atoms with Gasteiger partial charge in [0.15, 0.2) is 5.65 Å². The molecule has 1 N–H and O–H groups in total. The van der Waals surface area contributed by atoms with Crippen molar-refractivity contribution in [3.63, 3.8) is 0 Å². The summed E-state index contributed by atoms with van der Waals surface area (Å²) in [4.78, 5) is 22.1. The fraction of sp³-hybridized carbons (Fsp3) is 0.0833. The molecule has 0 amide bonds. The van der Waals surface area contributed by atoms with Crippen molar-refractivity contribution in [1.82, 2.24) is 19.5 Å². The molecule has 0 fully saturated rings. The first-order valence-corrected chi connectivity index (χ1v) is 5.33. The molecule has 3 aromatic heterocycles. The molecule has 0 spiro atoms. The predicted octanol–water partition coefficient (Wildman–Crippen LogP) is 1.56. The Bertz CT molecular complexity index is 790. The van der Waals surface area contributed by atoms with Crippen LogP contribution < -0.4 is 5.56 Å². The van der Waals surface area contributed by atoms with E-state index in [0.29, 0.717) is 16.7 Å². The van der Waals surface area contributed by atoms with Gasteiger partial charge in [-0.25, -0.2) is 9.37 Å². The molecule has 3 rings (SSSR count). The molecule has 90 valence electrons. The summed E-state index contributed by atoms with van der Waals surface area (Å²) in [5.74, 6) is -0.433. The predicted molar refractivity (Wildman–Crippen MR) is 64.2 cm³/mol. The van der Waals surface area contributed by atoms with Crippen molar-refractivity contribution >= 4 is 11.0 Å². The van der Waals surface area contributed by atoms with Gasteiger partial charge >= 0.3 is 0 Å². The number of nitrogens with one attached hydrogen (secondary N) is 1. The Kier molecular flexibility index (Phi) is 2.22. The van der Waals surface area contributed by atoms with Gasteiger partial charge in [-0.1, -0.05) is 0 Å². The average molecular weight is 244 g/mol. The van der Waals surface area contributed by atoms with Gasteiger partial charge in [0.25, 0.3) is 5.56 Å². The molecule has 0 aromatic carbocycles. The van der Waals surface area contributed by atoms with E-state index in [0.717, 1.165) is 11.8 Å². The number of halogens is 1. The fourth-order valence-electron chi connectivity index (χ4n) is 1.98. The third-order valence-electron chi connectivity index (χ3n) is 2.75. The monoisotopic (exact) mass is 244 g/mol. The second-order valence-electron chi connectivity index (χ2n) is 3.97. The molecule has 5 nitrogen and oxygen atoms in total. The second-order valence-corrected chi connectivity index (χ2v) is 3.97. The van der Waals surface area contributed by atoms with Crippen LogP contribution in [-0.4, -0.2) is 19.5 Å². The van der Waals surface area contributed by atoms with E-state index in [1.54, 1.807) is 10.8 Å². The highest BCUT2D eigenvalue weighted by Gasteiger charge is 2.11. The molecular weight excluding hydrogens is 235 g/mol. The third-order valence-corrected chi connectivity index (χ3v) is 2.75. The summed E-state index contributed by atoms with van der Waals surface area (Å²) in [6.45, 7) is 1.81. The van der Waals surface area contributed by atoms with E-state index in [9.17, 15) is 9.18 Å². The highest BCUT2D eigenvalue weighted by Crippen LogP contribution is 2.19. The second kappa shape index (κ2) is 3.76. The molecule has 0 radical (unpaired) electrons. The maximum atomic E-state index is 13.2. The molecule has 0 atom stereocenters. The van der Waals surface area contributed by atoms with Crippen molar-refractivity contribution in [1.29, 1.82) is 0 Å². The highest BCUT2D eigenvalue weighted by atomic mass is 19.1. The molecule has 0 aliphatic rings. The van der Waals surface area contributed by atoms with Gasteiger partial charge in [0, 0.05) is 12.3 Å². The Hall–Kier alpha value is -2.50. The smallest absolute Gasteiger partial charge is 0.260 e. The Morgan fingerprint density at radius 2 is 2.22 bits per heavy atom. The molecule has 6 heteroatoms. The Morgan fingerprint density at radius 3 is 3.00 bits per heavy atom. The minimum Gasteiger partial charge on any atom is -0.312 e. The maximum Gasteiger partial charge on any atom is 0.260 e. The summed E-state index contributed by atoms with van der Waals surface area (Å²) in [6.07, 6.45) is 5.71. The van der Waals surface area contributed by atoms with Crippen LogP contribution in [0, 0.1) is 12.7 Å². The van der Waals surface area contributed by atoms with Gasteiger partial charge in [0.1, 0.15) is 5.82 Å². The van der Waals surface area contributed by atoms with Crippen LogP contribution in [0.15, 0.2) is 35.8 Å². The van der Waals surface area contributed by atoms with Crippen LogP contribution in [0.25, 0.3) is 16.7 Å². The summed E-state index contributed by atoms with van der Waals surface area (Å²) in [6, 6.07) is 1.34. The van der Waals surface area contributed by atoms with Crippen LogP contribution in [0.3, 0.4) is 0 Å². The van der Waals surface area contributed by atoms with Crippen LogP contribution in [0.5, 0.6) is 0 Å². The zero-order valence-corrected chi connectivity index (χ0v) is 9.51. The van der Waals surface area contributed by atoms with Gasteiger partial charge in [0.2, 0.25) is 0 Å². The van der Waals surface area contributed by atoms with E-state index in [2.05, 4.69) is 15.0 Å². The number of hydrogen-bond donors (Lipinski definition) is 1. The Morgan fingerprint density at radius 1 is 1.39 bits per heavy atom. The molecule has 0 aliphatic carbocycles. The zero-order valence-electron chi connectivity index (χ0n) is 9.51. The minimum atomic E-state index is -0.433. The summed E-state index contributed by atoms with van der Waals surface area (Å²) in [5, 5.41) is 0.502. The van der Waals surface area contributed by atoms with E-state index in [1.165, 1.54) is 18.6 Å². The third kappa shape index (κ3) is 1.50. The van der Waals surface area contributed by atoms with Crippen molar-refractivity contribution in [3.8, 4) is 5.69 Å². The van der Waals surface area contributed by atoms with Crippen LogP contribution in [0.4, 0.5) is 4.39 Å². The van der Waals surface area contributed by atoms with E-state index < -0.39 is 5.82 Å². The molecule has 3 heterocycles. The number of hydrogen-bond acceptors (Lipinski definition) is 3. The number of fused-ring (bicyclic) bond motifs is 1. The maximum absolute atomic E-state index is 13.2. The largest absolute Gasteiger partial charge is 0.312 e. The van der Waals surface area contributed by atoms with Crippen LogP contribution >= 0.6 is 0 Å². The van der Waals surface area contributed by atoms with Gasteiger partial charge < -0.3 is 4.98 Å². The SMILES string of the molecule is Cc1cn(-c2cncc(F)c2)c2nc[nH]c(=O)c12.